The van der Waals surface area contributed by atoms with Crippen LogP contribution in [0, 0.1) is 62.7 Å². The van der Waals surface area contributed by atoms with Crippen LogP contribution in [0.1, 0.15) is 26.7 Å². The summed E-state index contributed by atoms with van der Waals surface area (Å²) in [5.74, 6) is -1.49. The van der Waals surface area contributed by atoms with Crippen molar-refractivity contribution in [3.05, 3.63) is 184 Å². The van der Waals surface area contributed by atoms with Gasteiger partial charge in [-0.25, -0.2) is 0 Å². The molecule has 4 aromatic carbocycles. The predicted octanol–water partition coefficient (Wildman–Crippen LogP) is 7.92. The molecule has 0 atom stereocenters. The van der Waals surface area contributed by atoms with E-state index in [0.29, 0.717) is 0 Å². The molecule has 0 aliphatic heterocycles. The molecule has 0 amide bonds. The zero-order valence-electron chi connectivity index (χ0n) is 27.1. The average molecular weight is 1100 g/mol. The molecule has 12 radical (unpaired) electrons. The molecule has 4 aromatic rings. The van der Waals surface area contributed by atoms with Crippen LogP contribution >= 0.6 is 15.8 Å². The SMILES string of the molecule is CCC(=O)O.CCC(=O)O.[Au].[Au].[CH]1[CH][CH][C](P(c2ccccc2)c2ccccc2)[CH]1.[CH]1[CH][CH][C](P(c2ccccc2)c2ccccc2)[CH]1.[Fe+2]. The standard InChI is InChI=1S/2C17H14P.2C3H6O2.2Au.Fe/c2*1-3-9-15(10-4-1)18(17-13-7-8-14-17)16-11-5-2-6-12-16;2*1-2-3(4)5;;;/h2*1-14H;2*2H2,1H3,(H,4,5);;;/q;;;;;;+2. The van der Waals surface area contributed by atoms with Crippen LogP contribution < -0.4 is 21.2 Å². The van der Waals surface area contributed by atoms with Crippen molar-refractivity contribution >= 4 is 49.0 Å². The quantitative estimate of drug-likeness (QED) is 0.139. The van der Waals surface area contributed by atoms with E-state index in [1.165, 1.54) is 32.5 Å². The van der Waals surface area contributed by atoms with Gasteiger partial charge in [0, 0.05) is 68.9 Å². The number of benzene rings is 4. The maximum Gasteiger partial charge on any atom is 2.00 e. The summed E-state index contributed by atoms with van der Waals surface area (Å²) < 4.78 is 0. The van der Waals surface area contributed by atoms with Crippen LogP contribution in [0.25, 0.3) is 0 Å². The number of hydrogen-bond acceptors (Lipinski definition) is 2. The Hall–Kier alpha value is -1.32. The molecule has 0 saturated heterocycles. The van der Waals surface area contributed by atoms with E-state index in [1.807, 2.05) is 0 Å². The van der Waals surface area contributed by atoms with Gasteiger partial charge < -0.3 is 10.2 Å². The number of carboxylic acid groups (broad SMARTS) is 2. The molecule has 262 valence electrons. The Labute approximate surface area is 338 Å². The summed E-state index contributed by atoms with van der Waals surface area (Å²) in [4.78, 5) is 18.7. The molecular weight excluding hydrogens is 1060 g/mol. The molecule has 2 N–H and O–H groups in total. The van der Waals surface area contributed by atoms with E-state index >= 15 is 0 Å². The van der Waals surface area contributed by atoms with Crippen molar-refractivity contribution in [3.8, 4) is 0 Å². The molecular formula is C40H40Au2FeO4P2+2. The molecule has 2 fully saturated rings. The van der Waals surface area contributed by atoms with Gasteiger partial charge in [-0.2, -0.15) is 0 Å². The van der Waals surface area contributed by atoms with Gasteiger partial charge in [-0.3, -0.25) is 9.59 Å². The van der Waals surface area contributed by atoms with Crippen LogP contribution in [0.2, 0.25) is 0 Å². The van der Waals surface area contributed by atoms with Gasteiger partial charge in [-0.1, -0.05) is 135 Å². The first kappa shape index (κ1) is 47.7. The van der Waals surface area contributed by atoms with Gasteiger partial charge in [0.15, 0.2) is 0 Å². The Morgan fingerprint density at radius 2 is 0.633 bits per heavy atom. The van der Waals surface area contributed by atoms with Crippen LogP contribution in [-0.4, -0.2) is 22.2 Å². The molecule has 0 unspecified atom stereocenters. The molecule has 9 heteroatoms. The number of carboxylic acids is 2. The minimum atomic E-state index is -0.745. The zero-order valence-corrected chi connectivity index (χ0v) is 34.4. The van der Waals surface area contributed by atoms with Crippen LogP contribution in [0.3, 0.4) is 0 Å². The second kappa shape index (κ2) is 28.3. The number of carbonyl (C=O) groups is 2. The Morgan fingerprint density at radius 1 is 0.449 bits per heavy atom. The molecule has 0 bridgehead atoms. The molecule has 2 aliphatic carbocycles. The molecule has 49 heavy (non-hydrogen) atoms. The summed E-state index contributed by atoms with van der Waals surface area (Å²) in [6.45, 7) is 3.20. The van der Waals surface area contributed by atoms with Crippen LogP contribution in [0.4, 0.5) is 0 Å². The smallest absolute Gasteiger partial charge is 0.481 e. The summed E-state index contributed by atoms with van der Waals surface area (Å²) in [5.41, 5.74) is 2.84. The van der Waals surface area contributed by atoms with E-state index in [1.54, 1.807) is 13.8 Å². The van der Waals surface area contributed by atoms with E-state index in [0.717, 1.165) is 0 Å². The van der Waals surface area contributed by atoms with Crippen molar-refractivity contribution in [1.29, 1.82) is 0 Å². The largest absolute Gasteiger partial charge is 2.00 e. The Balaban J connectivity index is 0.000000707. The Kier molecular flexibility index (Phi) is 27.5. The van der Waals surface area contributed by atoms with Crippen LogP contribution in [0.15, 0.2) is 121 Å². The second-order valence-corrected chi connectivity index (χ2v) is 14.2. The van der Waals surface area contributed by atoms with Gasteiger partial charge in [0.1, 0.15) is 0 Å². The summed E-state index contributed by atoms with van der Waals surface area (Å²) in [6.07, 6.45) is 17.8. The van der Waals surface area contributed by atoms with Crippen molar-refractivity contribution in [2.75, 3.05) is 0 Å². The molecule has 0 spiro atoms. The van der Waals surface area contributed by atoms with E-state index < -0.39 is 27.8 Å². The third-order valence-corrected chi connectivity index (χ3v) is 11.4. The van der Waals surface area contributed by atoms with Gasteiger partial charge in [-0.05, 0) is 88.4 Å². The van der Waals surface area contributed by atoms with Crippen LogP contribution in [-0.2, 0) is 71.4 Å². The molecule has 0 aromatic heterocycles. The van der Waals surface area contributed by atoms with E-state index in [-0.39, 0.29) is 74.7 Å². The molecule has 4 nitrogen and oxygen atoms in total. The average Bonchev–Trinajstić information content (AvgIpc) is 3.84. The Bertz CT molecular complexity index is 1200. The third-order valence-electron chi connectivity index (χ3n) is 6.47. The first-order valence-corrected chi connectivity index (χ1v) is 17.8. The van der Waals surface area contributed by atoms with E-state index in [4.69, 9.17) is 10.2 Å². The van der Waals surface area contributed by atoms with Gasteiger partial charge in [0.05, 0.1) is 0 Å². The summed E-state index contributed by atoms with van der Waals surface area (Å²) in [5, 5.41) is 21.1. The third kappa shape index (κ3) is 17.6. The summed E-state index contributed by atoms with van der Waals surface area (Å²) in [7, 11) is -0.818. The number of aliphatic carboxylic acids is 2. The molecule has 2 aliphatic rings. The second-order valence-electron chi connectivity index (χ2n) is 9.79. The van der Waals surface area contributed by atoms with Gasteiger partial charge in [-0.15, -0.1) is 0 Å². The molecule has 2 saturated carbocycles. The van der Waals surface area contributed by atoms with Crippen molar-refractivity contribution in [2.24, 2.45) is 0 Å². The first-order valence-electron chi connectivity index (χ1n) is 15.1. The first-order chi connectivity index (χ1) is 22.4. The minimum Gasteiger partial charge on any atom is -0.481 e. The summed E-state index contributed by atoms with van der Waals surface area (Å²) >= 11 is 0. The molecule has 6 rings (SSSR count). The van der Waals surface area contributed by atoms with Crippen LogP contribution in [0.5, 0.6) is 0 Å². The van der Waals surface area contributed by atoms with E-state index in [2.05, 4.69) is 173 Å². The fraction of sp³-hybridized carbons (Fsp3) is 0.100. The number of hydrogen-bond donors (Lipinski definition) is 2. The topological polar surface area (TPSA) is 74.6 Å². The normalized spacial score (nSPS) is 13.5. The van der Waals surface area contributed by atoms with Gasteiger partial charge in [0.2, 0.25) is 0 Å². The zero-order chi connectivity index (χ0) is 33.0. The van der Waals surface area contributed by atoms with Crippen molar-refractivity contribution in [3.63, 3.8) is 0 Å². The molecule has 0 heterocycles. The monoisotopic (exact) mass is 1100 g/mol. The maximum atomic E-state index is 9.37. The van der Waals surface area contributed by atoms with Gasteiger partial charge in [0.25, 0.3) is 0 Å². The maximum absolute atomic E-state index is 9.37. The van der Waals surface area contributed by atoms with Crippen molar-refractivity contribution in [2.45, 2.75) is 26.7 Å². The van der Waals surface area contributed by atoms with Crippen molar-refractivity contribution in [1.82, 2.24) is 0 Å². The fourth-order valence-electron chi connectivity index (χ4n) is 4.23. The predicted molar refractivity (Wildman–Crippen MR) is 195 cm³/mol. The van der Waals surface area contributed by atoms with E-state index in [9.17, 15) is 9.59 Å². The number of rotatable bonds is 8. The Morgan fingerprint density at radius 3 is 0.796 bits per heavy atom. The summed E-state index contributed by atoms with van der Waals surface area (Å²) in [6, 6.07) is 43.1. The van der Waals surface area contributed by atoms with Crippen molar-refractivity contribution < 1.29 is 81.6 Å². The van der Waals surface area contributed by atoms with Gasteiger partial charge >= 0.3 is 29.0 Å². The minimum absolute atomic E-state index is 0. The fourth-order valence-corrected chi connectivity index (χ4v) is 8.84.